The Morgan fingerprint density at radius 1 is 1.40 bits per heavy atom. The van der Waals surface area contributed by atoms with Crippen LogP contribution in [0.25, 0.3) is 11.3 Å². The zero-order valence-corrected chi connectivity index (χ0v) is 11.2. The highest BCUT2D eigenvalue weighted by molar-refractivity contribution is 7.99. The van der Waals surface area contributed by atoms with Crippen LogP contribution in [0.3, 0.4) is 0 Å². The number of carboxylic acids is 1. The molecule has 0 bridgehead atoms. The summed E-state index contributed by atoms with van der Waals surface area (Å²) in [7, 11) is 0. The van der Waals surface area contributed by atoms with Gasteiger partial charge in [0.1, 0.15) is 11.9 Å². The summed E-state index contributed by atoms with van der Waals surface area (Å²) in [6, 6.07) is 5.55. The van der Waals surface area contributed by atoms with Crippen molar-refractivity contribution < 1.29 is 14.3 Å². The molecule has 5 nitrogen and oxygen atoms in total. The van der Waals surface area contributed by atoms with Gasteiger partial charge in [0.15, 0.2) is 0 Å². The SMILES string of the molecule is O=C(O)[C@@H]1CS[C@H](c2cn[nH]c2-c2ccc(F)cc2)N1. The molecule has 20 heavy (non-hydrogen) atoms. The van der Waals surface area contributed by atoms with Crippen LogP contribution in [0.2, 0.25) is 0 Å². The minimum absolute atomic E-state index is 0.130. The predicted octanol–water partition coefficient (Wildman–Crippen LogP) is 2.00. The molecule has 1 aromatic carbocycles. The van der Waals surface area contributed by atoms with Crippen molar-refractivity contribution in [1.29, 1.82) is 0 Å². The molecule has 1 fully saturated rings. The van der Waals surface area contributed by atoms with Gasteiger partial charge in [0.2, 0.25) is 0 Å². The third-order valence-corrected chi connectivity index (χ3v) is 4.41. The molecule has 1 aromatic heterocycles. The number of carbonyl (C=O) groups is 1. The second kappa shape index (κ2) is 5.26. The lowest BCUT2D eigenvalue weighted by Crippen LogP contribution is -2.33. The summed E-state index contributed by atoms with van der Waals surface area (Å²) < 4.78 is 13.0. The average molecular weight is 293 g/mol. The van der Waals surface area contributed by atoms with Gasteiger partial charge in [0.05, 0.1) is 17.3 Å². The van der Waals surface area contributed by atoms with E-state index in [-0.39, 0.29) is 11.2 Å². The smallest absolute Gasteiger partial charge is 0.321 e. The van der Waals surface area contributed by atoms with E-state index in [2.05, 4.69) is 15.5 Å². The number of rotatable bonds is 3. The number of nitrogens with one attached hydrogen (secondary N) is 2. The van der Waals surface area contributed by atoms with Gasteiger partial charge in [-0.2, -0.15) is 5.10 Å². The van der Waals surface area contributed by atoms with E-state index in [1.807, 2.05) is 0 Å². The summed E-state index contributed by atoms with van der Waals surface area (Å²) >= 11 is 1.52. The molecule has 0 unspecified atom stereocenters. The lowest BCUT2D eigenvalue weighted by Gasteiger charge is -2.11. The zero-order valence-electron chi connectivity index (χ0n) is 10.3. The molecule has 2 atom stereocenters. The molecule has 7 heteroatoms. The maximum atomic E-state index is 13.0. The number of benzene rings is 1. The zero-order chi connectivity index (χ0) is 14.1. The maximum absolute atomic E-state index is 13.0. The van der Waals surface area contributed by atoms with Crippen LogP contribution in [-0.4, -0.2) is 33.1 Å². The molecule has 0 radical (unpaired) electrons. The molecule has 0 saturated carbocycles. The summed E-state index contributed by atoms with van der Waals surface area (Å²) in [5, 5.41) is 18.8. The molecule has 3 rings (SSSR count). The van der Waals surface area contributed by atoms with Crippen LogP contribution in [-0.2, 0) is 4.79 Å². The number of carboxylic acid groups (broad SMARTS) is 1. The molecule has 0 spiro atoms. The number of thioether (sulfide) groups is 1. The number of halogens is 1. The highest BCUT2D eigenvalue weighted by atomic mass is 32.2. The van der Waals surface area contributed by atoms with Gasteiger partial charge < -0.3 is 5.11 Å². The second-order valence-electron chi connectivity index (χ2n) is 4.48. The van der Waals surface area contributed by atoms with E-state index in [1.54, 1.807) is 18.3 Å². The van der Waals surface area contributed by atoms with Crippen molar-refractivity contribution in [2.45, 2.75) is 11.4 Å². The second-order valence-corrected chi connectivity index (χ2v) is 5.62. The van der Waals surface area contributed by atoms with E-state index >= 15 is 0 Å². The number of aliphatic carboxylic acids is 1. The number of H-pyrrole nitrogens is 1. The fourth-order valence-electron chi connectivity index (χ4n) is 2.14. The van der Waals surface area contributed by atoms with E-state index in [1.165, 1.54) is 23.9 Å². The Morgan fingerprint density at radius 3 is 2.80 bits per heavy atom. The Kier molecular flexibility index (Phi) is 3.45. The number of aromatic amines is 1. The first kappa shape index (κ1) is 13.1. The van der Waals surface area contributed by atoms with E-state index in [9.17, 15) is 9.18 Å². The predicted molar refractivity (Wildman–Crippen MR) is 73.7 cm³/mol. The van der Waals surface area contributed by atoms with E-state index in [0.717, 1.165) is 16.8 Å². The van der Waals surface area contributed by atoms with Crippen molar-refractivity contribution in [2.75, 3.05) is 5.75 Å². The molecule has 0 amide bonds. The van der Waals surface area contributed by atoms with Crippen LogP contribution < -0.4 is 5.32 Å². The van der Waals surface area contributed by atoms with Gasteiger partial charge in [-0.3, -0.25) is 15.2 Å². The van der Waals surface area contributed by atoms with Gasteiger partial charge in [-0.25, -0.2) is 4.39 Å². The molecule has 3 N–H and O–H groups in total. The maximum Gasteiger partial charge on any atom is 0.321 e. The van der Waals surface area contributed by atoms with Gasteiger partial charge in [-0.15, -0.1) is 11.8 Å². The molecule has 2 aromatic rings. The summed E-state index contributed by atoms with van der Waals surface area (Å²) in [5.74, 6) is -0.644. The van der Waals surface area contributed by atoms with Gasteiger partial charge >= 0.3 is 5.97 Å². The molecule has 1 saturated heterocycles. The molecule has 2 heterocycles. The highest BCUT2D eigenvalue weighted by Crippen LogP contribution is 2.37. The van der Waals surface area contributed by atoms with Crippen molar-refractivity contribution in [1.82, 2.24) is 15.5 Å². The quantitative estimate of drug-likeness (QED) is 0.807. The van der Waals surface area contributed by atoms with Crippen molar-refractivity contribution in [3.8, 4) is 11.3 Å². The highest BCUT2D eigenvalue weighted by Gasteiger charge is 2.32. The number of hydrogen-bond donors (Lipinski definition) is 3. The minimum Gasteiger partial charge on any atom is -0.480 e. The average Bonchev–Trinajstić information content (AvgIpc) is 3.08. The first-order valence-corrected chi connectivity index (χ1v) is 7.09. The largest absolute Gasteiger partial charge is 0.480 e. The normalized spacial score (nSPS) is 22.1. The van der Waals surface area contributed by atoms with Crippen LogP contribution in [0.15, 0.2) is 30.5 Å². The van der Waals surface area contributed by atoms with Crippen LogP contribution in [0.5, 0.6) is 0 Å². The van der Waals surface area contributed by atoms with Crippen molar-refractivity contribution in [3.63, 3.8) is 0 Å². The van der Waals surface area contributed by atoms with Crippen molar-refractivity contribution >= 4 is 17.7 Å². The fourth-order valence-corrected chi connectivity index (χ4v) is 3.38. The lowest BCUT2D eigenvalue weighted by molar-refractivity contribution is -0.138. The third kappa shape index (κ3) is 2.41. The summed E-state index contributed by atoms with van der Waals surface area (Å²) in [6.45, 7) is 0. The van der Waals surface area contributed by atoms with E-state index < -0.39 is 12.0 Å². The summed E-state index contributed by atoms with van der Waals surface area (Å²) in [4.78, 5) is 11.0. The summed E-state index contributed by atoms with van der Waals surface area (Å²) in [6.07, 6.45) is 1.67. The third-order valence-electron chi connectivity index (χ3n) is 3.16. The topological polar surface area (TPSA) is 78.0 Å². The number of hydrogen-bond acceptors (Lipinski definition) is 4. The Balaban J connectivity index is 1.87. The van der Waals surface area contributed by atoms with Gasteiger partial charge in [0.25, 0.3) is 0 Å². The van der Waals surface area contributed by atoms with Crippen LogP contribution in [0, 0.1) is 5.82 Å². The monoisotopic (exact) mass is 293 g/mol. The lowest BCUT2D eigenvalue weighted by atomic mass is 10.1. The summed E-state index contributed by atoms with van der Waals surface area (Å²) in [5.41, 5.74) is 2.48. The molecule has 104 valence electrons. The first-order valence-electron chi connectivity index (χ1n) is 6.05. The van der Waals surface area contributed by atoms with Gasteiger partial charge in [-0.05, 0) is 24.3 Å². The Bertz CT molecular complexity index is 629. The Labute approximate surface area is 118 Å². The van der Waals surface area contributed by atoms with Gasteiger partial charge in [-0.1, -0.05) is 0 Å². The van der Waals surface area contributed by atoms with Crippen LogP contribution in [0.1, 0.15) is 10.9 Å². The van der Waals surface area contributed by atoms with Crippen molar-refractivity contribution in [3.05, 3.63) is 41.8 Å². The van der Waals surface area contributed by atoms with Crippen molar-refractivity contribution in [2.24, 2.45) is 0 Å². The molecule has 1 aliphatic heterocycles. The van der Waals surface area contributed by atoms with E-state index in [4.69, 9.17) is 5.11 Å². The number of nitrogens with zero attached hydrogens (tertiary/aromatic N) is 1. The van der Waals surface area contributed by atoms with Crippen LogP contribution in [0.4, 0.5) is 4.39 Å². The molecule has 0 aliphatic carbocycles. The Hall–Kier alpha value is -1.86. The fraction of sp³-hybridized carbons (Fsp3) is 0.231. The van der Waals surface area contributed by atoms with Gasteiger partial charge in [0, 0.05) is 16.9 Å². The Morgan fingerprint density at radius 2 is 2.15 bits per heavy atom. The van der Waals surface area contributed by atoms with Crippen LogP contribution >= 0.6 is 11.8 Å². The number of aromatic nitrogens is 2. The van der Waals surface area contributed by atoms with E-state index in [0.29, 0.717) is 5.75 Å². The molecular weight excluding hydrogens is 281 g/mol. The first-order chi connectivity index (χ1) is 9.65. The molecular formula is C13H12FN3O2S. The molecule has 1 aliphatic rings. The minimum atomic E-state index is -0.855. The standard InChI is InChI=1S/C13H12FN3O2S/c14-8-3-1-7(2-4-8)11-9(5-15-17-11)12-16-10(6-20-12)13(18)19/h1-5,10,12,16H,6H2,(H,15,17)(H,18,19)/t10-,12+/m0/s1.